The van der Waals surface area contributed by atoms with E-state index in [2.05, 4.69) is 42.2 Å². The van der Waals surface area contributed by atoms with Gasteiger partial charge in [-0.05, 0) is 66.5 Å². The summed E-state index contributed by atoms with van der Waals surface area (Å²) in [7, 11) is 0. The number of rotatable bonds is 4. The van der Waals surface area contributed by atoms with Crippen molar-refractivity contribution in [3.63, 3.8) is 0 Å². The molecule has 0 bridgehead atoms. The Balaban J connectivity index is 1.91. The zero-order valence-electron chi connectivity index (χ0n) is 12.8. The van der Waals surface area contributed by atoms with Crippen molar-refractivity contribution in [2.24, 2.45) is 5.73 Å². The van der Waals surface area contributed by atoms with E-state index in [1.54, 1.807) is 0 Å². The van der Waals surface area contributed by atoms with Gasteiger partial charge in [0.1, 0.15) is 0 Å². The van der Waals surface area contributed by atoms with E-state index in [0.717, 1.165) is 6.42 Å². The average Bonchev–Trinajstić information content (AvgIpc) is 2.55. The molecule has 0 saturated heterocycles. The van der Waals surface area contributed by atoms with Gasteiger partial charge in [0.2, 0.25) is 0 Å². The standard InChI is InChI=1S/C19H24N2/c1-19(14-20,13-15-8-10-21-11-9-15)18-7-6-16-4-2-3-5-17(16)12-18/h6-12H,2-5,13-14,20H2,1H3. The smallest absolute Gasteiger partial charge is 0.0270 e. The molecule has 1 aromatic carbocycles. The van der Waals surface area contributed by atoms with E-state index in [0.29, 0.717) is 6.54 Å². The number of aromatic nitrogens is 1. The van der Waals surface area contributed by atoms with Gasteiger partial charge in [-0.15, -0.1) is 0 Å². The molecule has 0 spiro atoms. The van der Waals surface area contributed by atoms with Crippen LogP contribution in [-0.2, 0) is 24.7 Å². The molecule has 0 aliphatic heterocycles. The summed E-state index contributed by atoms with van der Waals surface area (Å²) in [4.78, 5) is 4.10. The fourth-order valence-corrected chi connectivity index (χ4v) is 3.35. The molecule has 0 fully saturated rings. The van der Waals surface area contributed by atoms with Crippen LogP contribution in [0.4, 0.5) is 0 Å². The summed E-state index contributed by atoms with van der Waals surface area (Å²) in [5.74, 6) is 0. The van der Waals surface area contributed by atoms with Gasteiger partial charge in [-0.1, -0.05) is 25.1 Å². The Bertz CT molecular complexity index is 606. The lowest BCUT2D eigenvalue weighted by Crippen LogP contribution is -2.34. The summed E-state index contributed by atoms with van der Waals surface area (Å²) in [5.41, 5.74) is 11.9. The van der Waals surface area contributed by atoms with Gasteiger partial charge in [-0.25, -0.2) is 0 Å². The summed E-state index contributed by atoms with van der Waals surface area (Å²) in [5, 5.41) is 0. The first-order chi connectivity index (χ1) is 10.2. The highest BCUT2D eigenvalue weighted by Gasteiger charge is 2.26. The van der Waals surface area contributed by atoms with Crippen molar-refractivity contribution >= 4 is 0 Å². The number of nitrogens with zero attached hydrogens (tertiary/aromatic N) is 1. The lowest BCUT2D eigenvalue weighted by molar-refractivity contribution is 0.479. The van der Waals surface area contributed by atoms with Crippen LogP contribution in [0.5, 0.6) is 0 Å². The third kappa shape index (κ3) is 3.01. The molecule has 1 aliphatic carbocycles. The molecule has 0 radical (unpaired) electrons. The van der Waals surface area contributed by atoms with E-state index < -0.39 is 0 Å². The lowest BCUT2D eigenvalue weighted by atomic mass is 9.75. The Kier molecular flexibility index (Phi) is 4.07. The van der Waals surface area contributed by atoms with Crippen LogP contribution >= 0.6 is 0 Å². The van der Waals surface area contributed by atoms with Gasteiger partial charge in [-0.2, -0.15) is 0 Å². The van der Waals surface area contributed by atoms with Crippen LogP contribution in [0.15, 0.2) is 42.7 Å². The molecule has 1 heterocycles. The average molecular weight is 280 g/mol. The third-order valence-electron chi connectivity index (χ3n) is 4.84. The fourth-order valence-electron chi connectivity index (χ4n) is 3.35. The molecule has 21 heavy (non-hydrogen) atoms. The molecule has 0 amide bonds. The van der Waals surface area contributed by atoms with E-state index in [-0.39, 0.29) is 5.41 Å². The molecule has 110 valence electrons. The lowest BCUT2D eigenvalue weighted by Gasteiger charge is -2.30. The van der Waals surface area contributed by atoms with Gasteiger partial charge >= 0.3 is 0 Å². The minimum atomic E-state index is -0.00612. The number of aryl methyl sites for hydroxylation is 2. The van der Waals surface area contributed by atoms with Crippen molar-refractivity contribution in [3.05, 3.63) is 65.0 Å². The molecule has 1 unspecified atom stereocenters. The summed E-state index contributed by atoms with van der Waals surface area (Å²) in [6.45, 7) is 2.94. The Labute approximate surface area is 127 Å². The molecule has 2 aromatic rings. The van der Waals surface area contributed by atoms with Gasteiger partial charge in [0.15, 0.2) is 0 Å². The molecule has 1 atom stereocenters. The van der Waals surface area contributed by atoms with E-state index >= 15 is 0 Å². The Hall–Kier alpha value is -1.67. The molecule has 2 nitrogen and oxygen atoms in total. The van der Waals surface area contributed by atoms with Crippen LogP contribution in [0.1, 0.15) is 42.0 Å². The second kappa shape index (κ2) is 5.98. The maximum absolute atomic E-state index is 6.15. The van der Waals surface area contributed by atoms with Gasteiger partial charge in [0.05, 0.1) is 0 Å². The number of pyridine rings is 1. The van der Waals surface area contributed by atoms with Crippen molar-refractivity contribution in [1.82, 2.24) is 4.98 Å². The van der Waals surface area contributed by atoms with Crippen LogP contribution in [0.25, 0.3) is 0 Å². The minimum absolute atomic E-state index is 0.00612. The fraction of sp³-hybridized carbons (Fsp3) is 0.421. The van der Waals surface area contributed by atoms with Crippen molar-refractivity contribution in [3.8, 4) is 0 Å². The molecular formula is C19H24N2. The molecule has 2 N–H and O–H groups in total. The number of hydrogen-bond donors (Lipinski definition) is 1. The second-order valence-electron chi connectivity index (χ2n) is 6.49. The largest absolute Gasteiger partial charge is 0.330 e. The number of benzene rings is 1. The van der Waals surface area contributed by atoms with Crippen molar-refractivity contribution in [2.75, 3.05) is 6.54 Å². The number of fused-ring (bicyclic) bond motifs is 1. The summed E-state index contributed by atoms with van der Waals surface area (Å²) in [6.07, 6.45) is 9.79. The van der Waals surface area contributed by atoms with E-state index in [9.17, 15) is 0 Å². The summed E-state index contributed by atoms with van der Waals surface area (Å²) < 4.78 is 0. The Morgan fingerprint density at radius 3 is 2.48 bits per heavy atom. The SMILES string of the molecule is CC(CN)(Cc1ccncc1)c1ccc2c(c1)CCCC2. The highest BCUT2D eigenvalue weighted by atomic mass is 14.6. The first-order valence-corrected chi connectivity index (χ1v) is 7.92. The van der Waals surface area contributed by atoms with Crippen LogP contribution in [0.2, 0.25) is 0 Å². The first-order valence-electron chi connectivity index (χ1n) is 7.92. The third-order valence-corrected chi connectivity index (χ3v) is 4.84. The monoisotopic (exact) mass is 280 g/mol. The molecular weight excluding hydrogens is 256 g/mol. The number of hydrogen-bond acceptors (Lipinski definition) is 2. The van der Waals surface area contributed by atoms with Gasteiger partial charge in [-0.3, -0.25) is 4.98 Å². The highest BCUT2D eigenvalue weighted by Crippen LogP contribution is 2.31. The Morgan fingerprint density at radius 1 is 1.05 bits per heavy atom. The van der Waals surface area contributed by atoms with E-state index in [1.807, 2.05) is 12.4 Å². The molecule has 3 rings (SSSR count). The van der Waals surface area contributed by atoms with Crippen LogP contribution in [-0.4, -0.2) is 11.5 Å². The van der Waals surface area contributed by atoms with E-state index in [4.69, 9.17) is 5.73 Å². The normalized spacial score (nSPS) is 17.0. The van der Waals surface area contributed by atoms with Crippen LogP contribution in [0, 0.1) is 0 Å². The maximum Gasteiger partial charge on any atom is 0.0270 e. The predicted molar refractivity (Wildman–Crippen MR) is 87.4 cm³/mol. The topological polar surface area (TPSA) is 38.9 Å². The Morgan fingerprint density at radius 2 is 1.76 bits per heavy atom. The zero-order valence-corrected chi connectivity index (χ0v) is 12.8. The van der Waals surface area contributed by atoms with Crippen molar-refractivity contribution < 1.29 is 0 Å². The van der Waals surface area contributed by atoms with E-state index in [1.165, 1.54) is 47.9 Å². The summed E-state index contributed by atoms with van der Waals surface area (Å²) >= 11 is 0. The van der Waals surface area contributed by atoms with Gasteiger partial charge < -0.3 is 5.73 Å². The highest BCUT2D eigenvalue weighted by molar-refractivity contribution is 5.38. The van der Waals surface area contributed by atoms with Crippen LogP contribution in [0.3, 0.4) is 0 Å². The van der Waals surface area contributed by atoms with Crippen molar-refractivity contribution in [1.29, 1.82) is 0 Å². The first kappa shape index (κ1) is 14.3. The van der Waals surface area contributed by atoms with Crippen molar-refractivity contribution in [2.45, 2.75) is 44.4 Å². The van der Waals surface area contributed by atoms with Gasteiger partial charge in [0.25, 0.3) is 0 Å². The quantitative estimate of drug-likeness (QED) is 0.932. The minimum Gasteiger partial charge on any atom is -0.330 e. The van der Waals surface area contributed by atoms with Gasteiger partial charge in [0, 0.05) is 24.4 Å². The zero-order chi connectivity index (χ0) is 14.7. The molecule has 1 aliphatic rings. The van der Waals surface area contributed by atoms with Crippen LogP contribution < -0.4 is 5.73 Å². The predicted octanol–water partition coefficient (Wildman–Crippen LogP) is 3.42. The molecule has 2 heteroatoms. The second-order valence-corrected chi connectivity index (χ2v) is 6.49. The maximum atomic E-state index is 6.15. The molecule has 1 aromatic heterocycles. The molecule has 0 saturated carbocycles. The summed E-state index contributed by atoms with van der Waals surface area (Å²) in [6, 6.07) is 11.2. The number of nitrogens with two attached hydrogens (primary N) is 1.